The number of ether oxygens (including phenoxy) is 1. The summed E-state index contributed by atoms with van der Waals surface area (Å²) in [7, 11) is 0. The number of alkyl halides is 3. The van der Waals surface area contributed by atoms with E-state index < -0.39 is 22.6 Å². The second-order valence-electron chi connectivity index (χ2n) is 7.06. The Balaban J connectivity index is 1.90. The number of carbonyl (C=O) groups excluding carboxylic acids is 1. The third-order valence-corrected chi connectivity index (χ3v) is 5.38. The first kappa shape index (κ1) is 23.5. The smallest absolute Gasteiger partial charge is 0.417 e. The van der Waals surface area contributed by atoms with E-state index in [9.17, 15) is 28.1 Å². The lowest BCUT2D eigenvalue weighted by atomic mass is 9.96. The van der Waals surface area contributed by atoms with Crippen LogP contribution in [0.5, 0.6) is 0 Å². The summed E-state index contributed by atoms with van der Waals surface area (Å²) >= 11 is 12.1. The molecule has 0 N–H and O–H groups in total. The predicted molar refractivity (Wildman–Crippen MR) is 120 cm³/mol. The molecule has 172 valence electrons. The summed E-state index contributed by atoms with van der Waals surface area (Å²) in [5.41, 5.74) is -0.327. The van der Waals surface area contributed by atoms with E-state index in [0.29, 0.717) is 28.4 Å². The number of hydrogen-bond acceptors (Lipinski definition) is 5. The summed E-state index contributed by atoms with van der Waals surface area (Å²) in [5, 5.41) is 10.9. The fourth-order valence-electron chi connectivity index (χ4n) is 3.27. The molecule has 6 nitrogen and oxygen atoms in total. The number of hydrogen-bond donors (Lipinski definition) is 0. The Labute approximate surface area is 200 Å². The van der Waals surface area contributed by atoms with Crippen LogP contribution in [0.15, 0.2) is 66.6 Å². The lowest BCUT2D eigenvalue weighted by molar-refractivity contribution is -0.384. The van der Waals surface area contributed by atoms with Crippen LogP contribution >= 0.6 is 23.2 Å². The van der Waals surface area contributed by atoms with Gasteiger partial charge in [-0.3, -0.25) is 15.1 Å². The van der Waals surface area contributed by atoms with Gasteiger partial charge in [0.1, 0.15) is 5.76 Å². The number of nitrogens with zero attached hydrogens (tertiary/aromatic N) is 2. The van der Waals surface area contributed by atoms with Gasteiger partial charge < -0.3 is 4.74 Å². The number of carbonyl (C=O) groups is 1. The van der Waals surface area contributed by atoms with E-state index >= 15 is 0 Å². The molecule has 1 aromatic heterocycles. The summed E-state index contributed by atoms with van der Waals surface area (Å²) in [6.45, 7) is 0. The second-order valence-corrected chi connectivity index (χ2v) is 7.90. The summed E-state index contributed by atoms with van der Waals surface area (Å²) in [6, 6.07) is 12.5. The van der Waals surface area contributed by atoms with E-state index in [-0.39, 0.29) is 33.3 Å². The lowest BCUT2D eigenvalue weighted by Gasteiger charge is -2.10. The number of non-ortho nitro benzene ring substituents is 1. The van der Waals surface area contributed by atoms with Crippen molar-refractivity contribution in [3.8, 4) is 0 Å². The van der Waals surface area contributed by atoms with Crippen LogP contribution in [0.4, 0.5) is 18.9 Å². The van der Waals surface area contributed by atoms with Gasteiger partial charge in [0.05, 0.1) is 26.8 Å². The number of benzene rings is 2. The van der Waals surface area contributed by atoms with Crippen molar-refractivity contribution >= 4 is 52.1 Å². The van der Waals surface area contributed by atoms with Crippen molar-refractivity contribution in [2.45, 2.75) is 6.18 Å². The predicted octanol–water partition coefficient (Wildman–Crippen LogP) is 6.82. The number of halogens is 5. The highest BCUT2D eigenvalue weighted by Crippen LogP contribution is 2.43. The molecule has 0 amide bonds. The number of nitro groups is 1. The lowest BCUT2D eigenvalue weighted by Crippen LogP contribution is -2.08. The molecule has 3 aromatic rings. The Hall–Kier alpha value is -3.69. The molecule has 0 aliphatic carbocycles. The molecular weight excluding hydrogens is 496 g/mol. The minimum absolute atomic E-state index is 0.0638. The van der Waals surface area contributed by atoms with Crippen molar-refractivity contribution in [3.63, 3.8) is 0 Å². The highest BCUT2D eigenvalue weighted by atomic mass is 35.5. The van der Waals surface area contributed by atoms with Gasteiger partial charge in [-0.25, -0.2) is 4.79 Å². The van der Waals surface area contributed by atoms with Crippen molar-refractivity contribution in [1.29, 1.82) is 0 Å². The molecule has 1 aliphatic heterocycles. The Bertz CT molecular complexity index is 1370. The maximum Gasteiger partial charge on any atom is 0.417 e. The zero-order chi connectivity index (χ0) is 24.6. The summed E-state index contributed by atoms with van der Waals surface area (Å²) < 4.78 is 44.6. The Morgan fingerprint density at radius 3 is 2.21 bits per heavy atom. The number of allylic oxidation sites excluding steroid dienone is 1. The van der Waals surface area contributed by atoms with Crippen LogP contribution in [-0.4, -0.2) is 15.9 Å². The van der Waals surface area contributed by atoms with E-state index in [1.54, 1.807) is 24.3 Å². The summed E-state index contributed by atoms with van der Waals surface area (Å²) in [6.07, 6.45) is -2.62. The van der Waals surface area contributed by atoms with E-state index in [1.807, 2.05) is 0 Å². The van der Waals surface area contributed by atoms with Crippen LogP contribution < -0.4 is 0 Å². The fraction of sp³-hybridized carbons (Fsp3) is 0.0435. The van der Waals surface area contributed by atoms with Gasteiger partial charge >= 0.3 is 12.1 Å². The Morgan fingerprint density at radius 2 is 1.65 bits per heavy atom. The van der Waals surface area contributed by atoms with Gasteiger partial charge in [-0.15, -0.1) is 0 Å². The number of nitro benzene ring substituents is 1. The van der Waals surface area contributed by atoms with Gasteiger partial charge in [0, 0.05) is 28.9 Å². The first-order chi connectivity index (χ1) is 16.0. The zero-order valence-electron chi connectivity index (χ0n) is 16.8. The molecule has 2 aromatic carbocycles. The molecule has 0 fully saturated rings. The van der Waals surface area contributed by atoms with Crippen molar-refractivity contribution in [3.05, 3.63) is 109 Å². The largest absolute Gasteiger partial charge is 0.422 e. The fourth-order valence-corrected chi connectivity index (χ4v) is 3.65. The molecule has 0 radical (unpaired) electrons. The molecule has 0 spiro atoms. The minimum Gasteiger partial charge on any atom is -0.422 e. The van der Waals surface area contributed by atoms with Gasteiger partial charge in [0.2, 0.25) is 0 Å². The monoisotopic (exact) mass is 506 g/mol. The standard InChI is InChI=1S/C23H11Cl2F3N2O4/c24-15-5-3-13(4-6-15)19-18(9-12-1-7-16(8-2-12)30(32)33)34-22(31)20(19)21-17(25)10-14(11-29-21)23(26,27)28/h1-11H. The molecular formula is C23H11Cl2F3N2O4. The highest BCUT2D eigenvalue weighted by molar-refractivity contribution is 6.38. The SMILES string of the molecule is O=C1OC(=Cc2ccc([N+](=O)[O-])cc2)C(c2ccc(Cl)cc2)=C1c1ncc(C(F)(F)F)cc1Cl. The molecule has 2 heterocycles. The Morgan fingerprint density at radius 1 is 1.00 bits per heavy atom. The maximum atomic E-state index is 13.0. The van der Waals surface area contributed by atoms with E-state index in [2.05, 4.69) is 4.98 Å². The quantitative estimate of drug-likeness (QED) is 0.220. The van der Waals surface area contributed by atoms with Crippen LogP contribution in [0.2, 0.25) is 10.0 Å². The molecule has 0 atom stereocenters. The first-order valence-electron chi connectivity index (χ1n) is 9.46. The minimum atomic E-state index is -4.67. The van der Waals surface area contributed by atoms with Crippen LogP contribution in [0, 0.1) is 10.1 Å². The number of aromatic nitrogens is 1. The second kappa shape index (κ2) is 8.92. The summed E-state index contributed by atoms with van der Waals surface area (Å²) in [5.74, 6) is -0.804. The van der Waals surface area contributed by atoms with Crippen molar-refractivity contribution in [1.82, 2.24) is 4.98 Å². The molecule has 0 saturated heterocycles. The third-order valence-electron chi connectivity index (χ3n) is 4.84. The average Bonchev–Trinajstić information content (AvgIpc) is 3.09. The van der Waals surface area contributed by atoms with Crippen LogP contribution in [0.25, 0.3) is 17.2 Å². The van der Waals surface area contributed by atoms with Crippen LogP contribution in [0.1, 0.15) is 22.4 Å². The molecule has 4 rings (SSSR count). The molecule has 0 saturated carbocycles. The number of cyclic esters (lactones) is 1. The van der Waals surface area contributed by atoms with Gasteiger partial charge in [0.25, 0.3) is 5.69 Å². The number of esters is 1. The van der Waals surface area contributed by atoms with E-state index in [4.69, 9.17) is 27.9 Å². The van der Waals surface area contributed by atoms with Crippen molar-refractivity contribution in [2.24, 2.45) is 0 Å². The van der Waals surface area contributed by atoms with E-state index in [1.165, 1.54) is 30.3 Å². The normalized spacial score (nSPS) is 15.1. The summed E-state index contributed by atoms with van der Waals surface area (Å²) in [4.78, 5) is 27.0. The molecule has 1 aliphatic rings. The number of pyridine rings is 1. The van der Waals surface area contributed by atoms with Crippen LogP contribution in [-0.2, 0) is 15.7 Å². The van der Waals surface area contributed by atoms with Gasteiger partial charge in [-0.2, -0.15) is 13.2 Å². The molecule has 0 unspecified atom stereocenters. The van der Waals surface area contributed by atoms with Gasteiger partial charge in [-0.1, -0.05) is 35.3 Å². The average molecular weight is 507 g/mol. The van der Waals surface area contributed by atoms with E-state index in [0.717, 1.165) is 0 Å². The maximum absolute atomic E-state index is 13.0. The molecule has 0 bridgehead atoms. The molecule has 34 heavy (non-hydrogen) atoms. The first-order valence-corrected chi connectivity index (χ1v) is 10.2. The zero-order valence-corrected chi connectivity index (χ0v) is 18.3. The molecule has 11 heteroatoms. The van der Waals surface area contributed by atoms with Gasteiger partial charge in [-0.05, 0) is 47.5 Å². The van der Waals surface area contributed by atoms with Gasteiger partial charge in [0.15, 0.2) is 0 Å². The highest BCUT2D eigenvalue weighted by Gasteiger charge is 2.36. The Kier molecular flexibility index (Phi) is 6.16. The van der Waals surface area contributed by atoms with Crippen molar-refractivity contribution < 1.29 is 27.6 Å². The third kappa shape index (κ3) is 4.66. The topological polar surface area (TPSA) is 82.3 Å². The van der Waals surface area contributed by atoms with Crippen LogP contribution in [0.3, 0.4) is 0 Å². The van der Waals surface area contributed by atoms with Crippen molar-refractivity contribution in [2.75, 3.05) is 0 Å². The number of rotatable bonds is 4.